The number of carbonyl (C=O) groups excluding carboxylic acids is 2. The standard InChI is InChI=1S/C84H134N4O2S5/c1-9-17-25-31-35-37-41-47-55-65(53-45-39-33-27-19-11-3)59-87-75-71(81-77(87)83-79(93-81)67(69(61-89)91-83)57-63(49-23-15-7)51-43-29-21-13-5)73-74(86-95-85-73)72-76(75)88(60-66(54-46-40-34-28-20-12-4)56-48-42-38-36-32-26-18-10-2)78-82(72)94-80-68(70(62-90)92-84(78)80)58-64(50-24-16-8)52-44-30-22-14-6/h61-66H,9-60H2,1-8H3. The van der Waals surface area contributed by atoms with E-state index >= 15 is 0 Å². The first-order valence-corrected chi connectivity index (χ1v) is 44.8. The number of benzene rings is 1. The van der Waals surface area contributed by atoms with Crippen LogP contribution in [0.1, 0.15) is 394 Å². The van der Waals surface area contributed by atoms with E-state index < -0.39 is 0 Å². The Morgan fingerprint density at radius 1 is 0.295 bits per heavy atom. The van der Waals surface area contributed by atoms with Crippen LogP contribution in [-0.4, -0.2) is 30.5 Å². The van der Waals surface area contributed by atoms with Gasteiger partial charge in [0.05, 0.1) is 71.7 Å². The van der Waals surface area contributed by atoms with Gasteiger partial charge in [0, 0.05) is 23.9 Å². The number of rotatable bonds is 58. The number of aldehydes is 2. The second kappa shape index (κ2) is 43.8. The van der Waals surface area contributed by atoms with E-state index in [0.717, 1.165) is 46.7 Å². The number of nitrogens with zero attached hydrogens (tertiary/aromatic N) is 4. The summed E-state index contributed by atoms with van der Waals surface area (Å²) >= 11 is 9.09. The van der Waals surface area contributed by atoms with Gasteiger partial charge >= 0.3 is 0 Å². The lowest BCUT2D eigenvalue weighted by Crippen LogP contribution is -2.14. The largest absolute Gasteiger partial charge is 0.337 e. The molecule has 0 radical (unpaired) electrons. The molecule has 8 rings (SSSR count). The fourth-order valence-electron chi connectivity index (χ4n) is 16.6. The summed E-state index contributed by atoms with van der Waals surface area (Å²) in [6.07, 6.45) is 67.0. The summed E-state index contributed by atoms with van der Waals surface area (Å²) in [6, 6.07) is 0. The first-order chi connectivity index (χ1) is 46.8. The van der Waals surface area contributed by atoms with Crippen LogP contribution in [0.25, 0.3) is 72.1 Å². The van der Waals surface area contributed by atoms with Crippen LogP contribution < -0.4 is 0 Å². The van der Waals surface area contributed by atoms with Gasteiger partial charge in [-0.15, -0.1) is 45.3 Å². The van der Waals surface area contributed by atoms with Gasteiger partial charge in [-0.3, -0.25) is 9.59 Å². The first kappa shape index (κ1) is 78.0. The summed E-state index contributed by atoms with van der Waals surface area (Å²) in [5.74, 6) is 2.24. The molecule has 6 nitrogen and oxygen atoms in total. The fourth-order valence-corrected chi connectivity index (χ4v) is 22.8. The number of carbonyl (C=O) groups is 2. The zero-order chi connectivity index (χ0) is 67.0. The molecule has 532 valence electrons. The van der Waals surface area contributed by atoms with E-state index in [1.807, 2.05) is 45.3 Å². The Kier molecular flexibility index (Phi) is 36.0. The van der Waals surface area contributed by atoms with Crippen LogP contribution in [0.4, 0.5) is 0 Å². The van der Waals surface area contributed by atoms with Gasteiger partial charge in [0.15, 0.2) is 12.6 Å². The molecule has 7 heterocycles. The molecule has 0 aliphatic rings. The number of hydrogen-bond donors (Lipinski definition) is 0. The molecule has 4 unspecified atom stereocenters. The monoisotopic (exact) mass is 1390 g/mol. The summed E-state index contributed by atoms with van der Waals surface area (Å²) < 4.78 is 25.0. The summed E-state index contributed by atoms with van der Waals surface area (Å²) in [5, 5.41) is 2.63. The van der Waals surface area contributed by atoms with Gasteiger partial charge < -0.3 is 9.13 Å². The highest BCUT2D eigenvalue weighted by atomic mass is 32.1. The highest BCUT2D eigenvalue weighted by Gasteiger charge is 2.34. The molecule has 0 amide bonds. The molecule has 11 heteroatoms. The lowest BCUT2D eigenvalue weighted by molar-refractivity contribution is 0.111. The molecule has 4 atom stereocenters. The average molecular weight is 1390 g/mol. The maximum absolute atomic E-state index is 13.8. The van der Waals surface area contributed by atoms with Crippen LogP contribution in [0.3, 0.4) is 0 Å². The molecule has 0 bridgehead atoms. The third-order valence-corrected chi connectivity index (χ3v) is 27.9. The molecule has 0 N–H and O–H groups in total. The van der Waals surface area contributed by atoms with Crippen molar-refractivity contribution >= 4 is 142 Å². The van der Waals surface area contributed by atoms with Crippen molar-refractivity contribution in [3.05, 3.63) is 20.9 Å². The van der Waals surface area contributed by atoms with E-state index in [-0.39, 0.29) is 0 Å². The van der Waals surface area contributed by atoms with Crippen LogP contribution in [0.15, 0.2) is 0 Å². The van der Waals surface area contributed by atoms with Crippen LogP contribution in [0, 0.1) is 23.7 Å². The van der Waals surface area contributed by atoms with Crippen LogP contribution in [0.5, 0.6) is 0 Å². The molecule has 0 spiro atoms. The Morgan fingerprint density at radius 2 is 0.558 bits per heavy atom. The van der Waals surface area contributed by atoms with Gasteiger partial charge in [0.1, 0.15) is 11.0 Å². The van der Waals surface area contributed by atoms with Gasteiger partial charge in [-0.2, -0.15) is 8.75 Å². The van der Waals surface area contributed by atoms with Gasteiger partial charge in [-0.05, 0) is 73.3 Å². The Balaban J connectivity index is 1.39. The SMILES string of the molecule is CCCCCCCCCCC(CCCCCCCC)Cn1c2c3sc(C=O)c(CC(CCCC)CCCCCC)c3sc2c2c3nsnc3c3c4sc5c(CC(CCCC)CCCCCC)c(C=O)sc5c4n(CC(CCCCCCCC)CCCCCCCCCC)c3c21. The maximum Gasteiger partial charge on any atom is 0.160 e. The van der Waals surface area contributed by atoms with E-state index in [9.17, 15) is 9.59 Å². The Hall–Kier alpha value is -2.70. The second-order valence-corrected chi connectivity index (χ2v) is 34.8. The van der Waals surface area contributed by atoms with E-state index in [1.54, 1.807) is 0 Å². The van der Waals surface area contributed by atoms with Gasteiger partial charge in [-0.25, -0.2) is 0 Å². The van der Waals surface area contributed by atoms with Crippen LogP contribution in [-0.2, 0) is 25.9 Å². The van der Waals surface area contributed by atoms with Crippen molar-refractivity contribution in [2.45, 2.75) is 390 Å². The van der Waals surface area contributed by atoms with Gasteiger partial charge in [-0.1, -0.05) is 338 Å². The highest BCUT2D eigenvalue weighted by molar-refractivity contribution is 7.35. The van der Waals surface area contributed by atoms with E-state index in [4.69, 9.17) is 8.75 Å². The van der Waals surface area contributed by atoms with Crippen molar-refractivity contribution in [3.63, 3.8) is 0 Å². The highest BCUT2D eigenvalue weighted by Crippen LogP contribution is 2.55. The summed E-state index contributed by atoms with van der Waals surface area (Å²) in [5.41, 5.74) is 10.3. The quantitative estimate of drug-likeness (QED) is 0.0281. The smallest absolute Gasteiger partial charge is 0.160 e. The van der Waals surface area contributed by atoms with Crippen molar-refractivity contribution in [2.75, 3.05) is 0 Å². The summed E-state index contributed by atoms with van der Waals surface area (Å²) in [7, 11) is 0. The summed E-state index contributed by atoms with van der Waals surface area (Å²) in [6.45, 7) is 20.7. The molecule has 0 aliphatic heterocycles. The maximum atomic E-state index is 13.8. The predicted octanol–water partition coefficient (Wildman–Crippen LogP) is 30.5. The lowest BCUT2D eigenvalue weighted by atomic mass is 9.89. The minimum atomic E-state index is 0.539. The Labute approximate surface area is 598 Å². The zero-order valence-corrected chi connectivity index (χ0v) is 66.0. The fraction of sp³-hybridized carbons (Fsp3) is 0.762. The van der Waals surface area contributed by atoms with Crippen molar-refractivity contribution in [1.29, 1.82) is 0 Å². The molecular weight excluding hydrogens is 1260 g/mol. The number of aromatic nitrogens is 4. The molecule has 0 saturated carbocycles. The minimum Gasteiger partial charge on any atom is -0.337 e. The second-order valence-electron chi connectivity index (χ2n) is 30.1. The van der Waals surface area contributed by atoms with Crippen molar-refractivity contribution in [3.8, 4) is 0 Å². The van der Waals surface area contributed by atoms with Crippen LogP contribution in [0.2, 0.25) is 0 Å². The van der Waals surface area contributed by atoms with Gasteiger partial charge in [0.25, 0.3) is 0 Å². The first-order valence-electron chi connectivity index (χ1n) is 40.8. The van der Waals surface area contributed by atoms with Crippen LogP contribution >= 0.6 is 57.1 Å². The molecule has 8 aromatic rings. The molecule has 95 heavy (non-hydrogen) atoms. The zero-order valence-electron chi connectivity index (χ0n) is 61.9. The van der Waals surface area contributed by atoms with Gasteiger partial charge in [0.2, 0.25) is 0 Å². The van der Waals surface area contributed by atoms with Crippen molar-refractivity contribution in [2.24, 2.45) is 23.7 Å². The number of fused-ring (bicyclic) bond motifs is 14. The minimum absolute atomic E-state index is 0.539. The lowest BCUT2D eigenvalue weighted by Gasteiger charge is -2.22. The van der Waals surface area contributed by atoms with E-state index in [0.29, 0.717) is 23.7 Å². The average Bonchev–Trinajstić information content (AvgIpc) is 1.51. The third-order valence-electron chi connectivity index (χ3n) is 22.3. The molecule has 1 aromatic carbocycles. The summed E-state index contributed by atoms with van der Waals surface area (Å²) in [4.78, 5) is 29.4. The molecule has 7 aromatic heterocycles. The van der Waals surface area contributed by atoms with E-state index in [1.165, 1.54) is 405 Å². The number of unbranched alkanes of at least 4 members (excludes halogenated alkanes) is 32. The Morgan fingerprint density at radius 3 is 0.853 bits per heavy atom. The van der Waals surface area contributed by atoms with Crippen molar-refractivity contribution in [1.82, 2.24) is 17.9 Å². The normalized spacial score (nSPS) is 13.7. The van der Waals surface area contributed by atoms with Crippen molar-refractivity contribution < 1.29 is 9.59 Å². The molecule has 0 saturated heterocycles. The molecule has 0 aliphatic carbocycles. The molecular formula is C84H134N4O2S5. The number of thiophene rings is 4. The molecule has 0 fully saturated rings. The topological polar surface area (TPSA) is 69.8 Å². The Bertz CT molecular complexity index is 3210. The van der Waals surface area contributed by atoms with E-state index in [2.05, 4.69) is 64.5 Å². The predicted molar refractivity (Wildman–Crippen MR) is 429 cm³/mol. The number of hydrogen-bond acceptors (Lipinski definition) is 9. The third kappa shape index (κ3) is 21.7.